The summed E-state index contributed by atoms with van der Waals surface area (Å²) >= 11 is 0. The van der Waals surface area contributed by atoms with Gasteiger partial charge in [-0.3, -0.25) is 0 Å². The number of hydrogen-bond acceptors (Lipinski definition) is 7. The molecule has 2 aliphatic heterocycles. The third-order valence-electron chi connectivity index (χ3n) is 5.73. The van der Waals surface area contributed by atoms with Crippen molar-refractivity contribution in [1.29, 1.82) is 0 Å². The first-order valence-electron chi connectivity index (χ1n) is 9.51. The number of H-pyrrole nitrogens is 1. The lowest BCUT2D eigenvalue weighted by Gasteiger charge is -2.22. The normalized spacial score (nSPS) is 22.3. The highest BCUT2D eigenvalue weighted by Crippen LogP contribution is 2.35. The molecule has 0 bridgehead atoms. The third kappa shape index (κ3) is 3.10. The summed E-state index contributed by atoms with van der Waals surface area (Å²) in [4.78, 5) is 17.6. The number of aromatic amines is 1. The molecule has 2 unspecified atom stereocenters. The molecule has 5 rings (SSSR count). The van der Waals surface area contributed by atoms with Gasteiger partial charge in [-0.25, -0.2) is 28.1 Å². The van der Waals surface area contributed by atoms with Crippen molar-refractivity contribution < 1.29 is 8.42 Å². The number of aromatic nitrogens is 6. The maximum Gasteiger partial charge on any atom is 0.260 e. The van der Waals surface area contributed by atoms with Gasteiger partial charge < -0.3 is 9.88 Å². The van der Waals surface area contributed by atoms with Crippen LogP contribution in [-0.4, -0.2) is 68.6 Å². The Morgan fingerprint density at radius 2 is 1.76 bits per heavy atom. The van der Waals surface area contributed by atoms with Crippen molar-refractivity contribution in [3.05, 3.63) is 42.4 Å². The number of nitrogens with one attached hydrogen (secondary N) is 1. The average Bonchev–Trinajstić information content (AvgIpc) is 3.45. The zero-order chi connectivity index (χ0) is 20.2. The summed E-state index contributed by atoms with van der Waals surface area (Å²) in [6, 6.07) is 3.95. The number of hydrogen-bond donors (Lipinski definition) is 1. The fourth-order valence-electron chi connectivity index (χ4n) is 4.34. The van der Waals surface area contributed by atoms with Crippen molar-refractivity contribution >= 4 is 15.8 Å². The van der Waals surface area contributed by atoms with Crippen molar-refractivity contribution in [3.63, 3.8) is 0 Å². The predicted octanol–water partition coefficient (Wildman–Crippen LogP) is 0.759. The number of aryl methyl sites for hydroxylation is 2. The number of sulfonamides is 1. The van der Waals surface area contributed by atoms with Gasteiger partial charge in [-0.1, -0.05) is 0 Å². The largest absolute Gasteiger partial charge is 0.356 e. The van der Waals surface area contributed by atoms with Gasteiger partial charge in [0, 0.05) is 37.9 Å². The quantitative estimate of drug-likeness (QED) is 0.670. The van der Waals surface area contributed by atoms with Crippen LogP contribution in [-0.2, 0) is 10.0 Å². The minimum atomic E-state index is -3.51. The van der Waals surface area contributed by atoms with Crippen molar-refractivity contribution in [1.82, 2.24) is 34.0 Å². The number of anilines is 1. The second-order valence-electron chi connectivity index (χ2n) is 7.74. The summed E-state index contributed by atoms with van der Waals surface area (Å²) in [5.74, 6) is 2.14. The van der Waals surface area contributed by atoms with Gasteiger partial charge in [-0.2, -0.15) is 9.40 Å². The van der Waals surface area contributed by atoms with Gasteiger partial charge in [0.1, 0.15) is 12.1 Å². The van der Waals surface area contributed by atoms with Crippen LogP contribution in [0.2, 0.25) is 0 Å². The van der Waals surface area contributed by atoms with Crippen molar-refractivity contribution in [2.45, 2.75) is 18.9 Å². The Morgan fingerprint density at radius 1 is 1.03 bits per heavy atom. The van der Waals surface area contributed by atoms with Crippen molar-refractivity contribution in [2.24, 2.45) is 11.8 Å². The van der Waals surface area contributed by atoms with E-state index in [2.05, 4.69) is 29.9 Å². The molecule has 0 saturated carbocycles. The second kappa shape index (κ2) is 6.63. The first-order chi connectivity index (χ1) is 13.9. The minimum absolute atomic E-state index is 0.152. The van der Waals surface area contributed by atoms with Gasteiger partial charge in [0.2, 0.25) is 0 Å². The molecule has 10 nitrogen and oxygen atoms in total. The molecular weight excluding hydrogens is 392 g/mol. The molecular formula is C18H22N8O2S. The van der Waals surface area contributed by atoms with E-state index in [1.54, 1.807) is 10.6 Å². The van der Waals surface area contributed by atoms with Crippen LogP contribution in [0.25, 0.3) is 5.82 Å². The molecule has 2 saturated heterocycles. The number of nitrogens with zero attached hydrogens (tertiary/aromatic N) is 7. The van der Waals surface area contributed by atoms with Crippen LogP contribution >= 0.6 is 0 Å². The molecule has 5 heterocycles. The number of rotatable bonds is 4. The number of fused-ring (bicyclic) bond motifs is 1. The monoisotopic (exact) mass is 414 g/mol. The average molecular weight is 414 g/mol. The minimum Gasteiger partial charge on any atom is -0.356 e. The van der Waals surface area contributed by atoms with E-state index < -0.39 is 10.0 Å². The molecule has 0 spiro atoms. The fraction of sp³-hybridized carbons (Fsp3) is 0.444. The van der Waals surface area contributed by atoms with E-state index in [4.69, 9.17) is 0 Å². The molecule has 2 aliphatic rings. The van der Waals surface area contributed by atoms with Gasteiger partial charge in [-0.05, 0) is 31.7 Å². The van der Waals surface area contributed by atoms with E-state index in [9.17, 15) is 8.42 Å². The van der Waals surface area contributed by atoms with E-state index >= 15 is 0 Å². The Kier molecular flexibility index (Phi) is 4.17. The summed E-state index contributed by atoms with van der Waals surface area (Å²) < 4.78 is 28.8. The molecule has 0 aliphatic carbocycles. The van der Waals surface area contributed by atoms with E-state index in [1.807, 2.05) is 30.7 Å². The van der Waals surface area contributed by atoms with E-state index in [0.29, 0.717) is 13.1 Å². The second-order valence-corrected chi connectivity index (χ2v) is 9.64. The smallest absolute Gasteiger partial charge is 0.260 e. The van der Waals surface area contributed by atoms with Gasteiger partial charge in [-0.15, -0.1) is 0 Å². The van der Waals surface area contributed by atoms with Crippen LogP contribution in [0.15, 0.2) is 36.0 Å². The van der Waals surface area contributed by atoms with E-state index in [0.717, 1.165) is 36.1 Å². The Bertz CT molecular complexity index is 1130. The van der Waals surface area contributed by atoms with Crippen LogP contribution in [0.3, 0.4) is 0 Å². The summed E-state index contributed by atoms with van der Waals surface area (Å²) in [5.41, 5.74) is 1.96. The van der Waals surface area contributed by atoms with Gasteiger partial charge in [0.05, 0.1) is 18.2 Å². The lowest BCUT2D eigenvalue weighted by Crippen LogP contribution is -2.33. The zero-order valence-electron chi connectivity index (χ0n) is 16.2. The molecule has 29 heavy (non-hydrogen) atoms. The third-order valence-corrected chi connectivity index (χ3v) is 7.49. The number of imidazole rings is 1. The van der Waals surface area contributed by atoms with E-state index in [1.165, 1.54) is 12.5 Å². The maximum absolute atomic E-state index is 12.7. The molecule has 2 fully saturated rings. The topological polar surface area (TPSA) is 113 Å². The van der Waals surface area contributed by atoms with Crippen LogP contribution in [0.5, 0.6) is 0 Å². The van der Waals surface area contributed by atoms with Crippen LogP contribution in [0, 0.1) is 25.7 Å². The van der Waals surface area contributed by atoms with Crippen molar-refractivity contribution in [3.8, 4) is 5.82 Å². The molecule has 3 aromatic heterocycles. The van der Waals surface area contributed by atoms with Gasteiger partial charge in [0.15, 0.2) is 10.8 Å². The molecule has 0 radical (unpaired) electrons. The highest BCUT2D eigenvalue weighted by Gasteiger charge is 2.45. The highest BCUT2D eigenvalue weighted by molar-refractivity contribution is 7.89. The molecule has 0 aromatic carbocycles. The molecule has 11 heteroatoms. The molecule has 1 N–H and O–H groups in total. The van der Waals surface area contributed by atoms with Crippen LogP contribution in [0.1, 0.15) is 11.4 Å². The summed E-state index contributed by atoms with van der Waals surface area (Å²) in [5, 5.41) is 4.65. The van der Waals surface area contributed by atoms with Crippen LogP contribution < -0.4 is 4.90 Å². The lowest BCUT2D eigenvalue weighted by atomic mass is 10.0. The Hall–Kier alpha value is -2.79. The molecule has 0 amide bonds. The SMILES string of the molecule is Cc1cc(C)n(-c2cc(N3CC4CN(S(=O)(=O)c5cnc[nH]5)CC4C3)ncn2)n1. The van der Waals surface area contributed by atoms with Crippen molar-refractivity contribution in [2.75, 3.05) is 31.1 Å². The lowest BCUT2D eigenvalue weighted by molar-refractivity contribution is 0.451. The Morgan fingerprint density at radius 3 is 2.38 bits per heavy atom. The zero-order valence-corrected chi connectivity index (χ0v) is 17.0. The summed E-state index contributed by atoms with van der Waals surface area (Å²) in [7, 11) is -3.51. The summed E-state index contributed by atoms with van der Waals surface area (Å²) in [6.07, 6.45) is 4.31. The summed E-state index contributed by atoms with van der Waals surface area (Å²) in [6.45, 7) is 6.52. The maximum atomic E-state index is 12.7. The highest BCUT2D eigenvalue weighted by atomic mass is 32.2. The fourth-order valence-corrected chi connectivity index (χ4v) is 5.79. The van der Waals surface area contributed by atoms with Crippen LogP contribution in [0.4, 0.5) is 5.82 Å². The first kappa shape index (κ1) is 18.3. The van der Waals surface area contributed by atoms with E-state index in [-0.39, 0.29) is 16.9 Å². The van der Waals surface area contributed by atoms with Gasteiger partial charge in [0.25, 0.3) is 10.0 Å². The standard InChI is InChI=1S/C18H22N8O2S/c1-12-3-13(2)26(23-12)17-4-16(20-11-21-17)24-6-14-8-25(9-15(14)7-24)29(27,28)18-5-19-10-22-18/h3-5,10-11,14-15H,6-9H2,1-2H3,(H,19,22). The predicted molar refractivity (Wildman–Crippen MR) is 105 cm³/mol. The molecule has 152 valence electrons. The molecule has 2 atom stereocenters. The molecule has 3 aromatic rings. The Labute approximate surface area is 168 Å². The Balaban J connectivity index is 1.32. The van der Waals surface area contributed by atoms with Gasteiger partial charge >= 0.3 is 0 Å². The first-order valence-corrected chi connectivity index (χ1v) is 10.9.